The summed E-state index contributed by atoms with van der Waals surface area (Å²) in [5.41, 5.74) is 1.56. The Kier molecular flexibility index (Phi) is 6.88. The minimum Gasteiger partial charge on any atom is -0.492 e. The first-order valence-corrected chi connectivity index (χ1v) is 11.1. The third-order valence-electron chi connectivity index (χ3n) is 6.06. The lowest BCUT2D eigenvalue weighted by atomic mass is 10.0. The van der Waals surface area contributed by atoms with Crippen LogP contribution in [0.25, 0.3) is 10.9 Å². The van der Waals surface area contributed by atoms with Gasteiger partial charge in [-0.15, -0.1) is 0 Å². The first kappa shape index (κ1) is 23.1. The van der Waals surface area contributed by atoms with E-state index in [0.29, 0.717) is 35.8 Å². The molecule has 8 nitrogen and oxygen atoms in total. The van der Waals surface area contributed by atoms with Gasteiger partial charge in [-0.3, -0.25) is 14.6 Å². The van der Waals surface area contributed by atoms with Crippen LogP contribution < -0.4 is 4.74 Å². The van der Waals surface area contributed by atoms with Gasteiger partial charge in [-0.1, -0.05) is 17.7 Å². The van der Waals surface area contributed by atoms with Crippen LogP contribution in [0.5, 0.6) is 5.75 Å². The zero-order valence-corrected chi connectivity index (χ0v) is 19.0. The predicted molar refractivity (Wildman–Crippen MR) is 125 cm³/mol. The first-order valence-electron chi connectivity index (χ1n) is 10.7. The van der Waals surface area contributed by atoms with Crippen molar-refractivity contribution in [3.63, 3.8) is 0 Å². The van der Waals surface area contributed by atoms with Crippen LogP contribution in [0.3, 0.4) is 0 Å². The molecular weight excluding hydrogens is 446 g/mol. The quantitative estimate of drug-likeness (QED) is 0.520. The molecule has 0 amide bonds. The molecule has 0 saturated carbocycles. The highest BCUT2D eigenvalue weighted by atomic mass is 35.5. The number of aromatic nitrogens is 1. The number of aromatic carboxylic acids is 1. The summed E-state index contributed by atoms with van der Waals surface area (Å²) in [7, 11) is 1.80. The zero-order chi connectivity index (χ0) is 23.5. The molecule has 0 bridgehead atoms. The van der Waals surface area contributed by atoms with Crippen molar-refractivity contribution in [1.29, 1.82) is 0 Å². The minimum atomic E-state index is -1.01. The highest BCUT2D eigenvalue weighted by molar-refractivity contribution is 6.30. The SMILES string of the molecule is Cn1cc([C@@H](C(=O)O)N2CCN(CCOc3ccc(Cl)cc3)CC2)c2ccc(C(=O)O)cc21. The monoisotopic (exact) mass is 471 g/mol. The number of ether oxygens (including phenoxy) is 1. The maximum absolute atomic E-state index is 12.3. The Morgan fingerprint density at radius 3 is 2.39 bits per heavy atom. The molecule has 1 aliphatic heterocycles. The molecule has 33 heavy (non-hydrogen) atoms. The van der Waals surface area contributed by atoms with E-state index in [9.17, 15) is 19.8 Å². The Bertz CT molecular complexity index is 1150. The Morgan fingerprint density at radius 2 is 1.76 bits per heavy atom. The summed E-state index contributed by atoms with van der Waals surface area (Å²) in [6.07, 6.45) is 1.79. The van der Waals surface area contributed by atoms with Crippen molar-refractivity contribution in [2.45, 2.75) is 6.04 Å². The van der Waals surface area contributed by atoms with Crippen LogP contribution in [0, 0.1) is 0 Å². The first-order chi connectivity index (χ1) is 15.8. The summed E-state index contributed by atoms with van der Waals surface area (Å²) >= 11 is 5.89. The molecule has 3 aromatic rings. The molecule has 0 aliphatic carbocycles. The van der Waals surface area contributed by atoms with E-state index in [-0.39, 0.29) is 5.56 Å². The van der Waals surface area contributed by atoms with Crippen molar-refractivity contribution in [2.24, 2.45) is 7.05 Å². The number of aryl methyl sites for hydroxylation is 1. The van der Waals surface area contributed by atoms with Gasteiger partial charge in [0.2, 0.25) is 0 Å². The second kappa shape index (κ2) is 9.82. The van der Waals surface area contributed by atoms with E-state index in [1.165, 1.54) is 6.07 Å². The molecule has 1 saturated heterocycles. The number of carbonyl (C=O) groups is 2. The zero-order valence-electron chi connectivity index (χ0n) is 18.3. The van der Waals surface area contributed by atoms with Crippen molar-refractivity contribution in [1.82, 2.24) is 14.4 Å². The number of halogens is 1. The summed E-state index contributed by atoms with van der Waals surface area (Å²) in [4.78, 5) is 27.8. The molecular formula is C24H26ClN3O5. The topological polar surface area (TPSA) is 95.2 Å². The smallest absolute Gasteiger partial charge is 0.335 e. The standard InChI is InChI=1S/C24H26ClN3O5/c1-26-15-20(19-7-2-16(23(29)30)14-21(19)26)22(24(31)32)28-10-8-27(9-11-28)12-13-33-18-5-3-17(25)4-6-18/h2-7,14-15,22H,8-13H2,1H3,(H,29,30)(H,31,32)/t22-/m0/s1. The third-order valence-corrected chi connectivity index (χ3v) is 6.31. The van der Waals surface area contributed by atoms with Crippen LogP contribution in [0.15, 0.2) is 48.7 Å². The van der Waals surface area contributed by atoms with E-state index in [4.69, 9.17) is 16.3 Å². The maximum Gasteiger partial charge on any atom is 0.335 e. The molecule has 0 spiro atoms. The lowest BCUT2D eigenvalue weighted by molar-refractivity contribution is -0.144. The molecule has 1 fully saturated rings. The molecule has 0 radical (unpaired) electrons. The molecule has 4 rings (SSSR count). The largest absolute Gasteiger partial charge is 0.492 e. The number of piperazine rings is 1. The fourth-order valence-corrected chi connectivity index (χ4v) is 4.45. The summed E-state index contributed by atoms with van der Waals surface area (Å²) in [6, 6.07) is 11.3. The Morgan fingerprint density at radius 1 is 1.06 bits per heavy atom. The van der Waals surface area contributed by atoms with E-state index >= 15 is 0 Å². The molecule has 174 valence electrons. The van der Waals surface area contributed by atoms with Gasteiger partial charge in [0.25, 0.3) is 0 Å². The van der Waals surface area contributed by atoms with Gasteiger partial charge in [0.05, 0.1) is 5.56 Å². The van der Waals surface area contributed by atoms with Crippen molar-refractivity contribution in [2.75, 3.05) is 39.3 Å². The highest BCUT2D eigenvalue weighted by Gasteiger charge is 2.32. The van der Waals surface area contributed by atoms with E-state index in [2.05, 4.69) is 4.90 Å². The van der Waals surface area contributed by atoms with Crippen LogP contribution in [0.4, 0.5) is 0 Å². The maximum atomic E-state index is 12.3. The number of fused-ring (bicyclic) bond motifs is 1. The molecule has 1 aromatic heterocycles. The van der Waals surface area contributed by atoms with E-state index < -0.39 is 18.0 Å². The fraction of sp³-hybridized carbons (Fsp3) is 0.333. The van der Waals surface area contributed by atoms with Crippen LogP contribution in [0.2, 0.25) is 5.02 Å². The average molecular weight is 472 g/mol. The van der Waals surface area contributed by atoms with Gasteiger partial charge in [0, 0.05) is 67.5 Å². The summed E-state index contributed by atoms with van der Waals surface area (Å²) in [5.74, 6) is -1.15. The summed E-state index contributed by atoms with van der Waals surface area (Å²) in [6.45, 7) is 3.99. The summed E-state index contributed by atoms with van der Waals surface area (Å²) < 4.78 is 7.56. The van der Waals surface area contributed by atoms with Crippen LogP contribution in [-0.4, -0.2) is 75.8 Å². The Balaban J connectivity index is 1.41. The predicted octanol–water partition coefficient (Wildman–Crippen LogP) is 3.35. The number of benzene rings is 2. The third kappa shape index (κ3) is 5.13. The normalized spacial score (nSPS) is 16.1. The fourth-order valence-electron chi connectivity index (χ4n) is 4.32. The van der Waals surface area contributed by atoms with Gasteiger partial charge in [-0.25, -0.2) is 4.79 Å². The molecule has 2 aromatic carbocycles. The molecule has 9 heteroatoms. The molecule has 2 heterocycles. The molecule has 1 atom stereocenters. The van der Waals surface area contributed by atoms with Gasteiger partial charge in [-0.2, -0.15) is 0 Å². The lowest BCUT2D eigenvalue weighted by Gasteiger charge is -2.37. The number of nitrogens with zero attached hydrogens (tertiary/aromatic N) is 3. The molecule has 1 aliphatic rings. The molecule has 0 unspecified atom stereocenters. The van der Waals surface area contributed by atoms with Crippen molar-refractivity contribution < 1.29 is 24.5 Å². The minimum absolute atomic E-state index is 0.177. The van der Waals surface area contributed by atoms with Crippen molar-refractivity contribution >= 4 is 34.4 Å². The van der Waals surface area contributed by atoms with E-state index in [1.807, 2.05) is 17.0 Å². The van der Waals surface area contributed by atoms with Crippen LogP contribution >= 0.6 is 11.6 Å². The van der Waals surface area contributed by atoms with Gasteiger partial charge in [0.15, 0.2) is 0 Å². The second-order valence-electron chi connectivity index (χ2n) is 8.15. The number of carboxylic acids is 2. The van der Waals surface area contributed by atoms with Gasteiger partial charge in [-0.05, 0) is 36.4 Å². The highest BCUT2D eigenvalue weighted by Crippen LogP contribution is 2.31. The van der Waals surface area contributed by atoms with Gasteiger partial charge >= 0.3 is 11.9 Å². The second-order valence-corrected chi connectivity index (χ2v) is 8.59. The Labute approximate surface area is 196 Å². The molecule has 2 N–H and O–H groups in total. The van der Waals surface area contributed by atoms with Crippen LogP contribution in [0.1, 0.15) is 22.0 Å². The number of rotatable bonds is 8. The lowest BCUT2D eigenvalue weighted by Crippen LogP contribution is -2.50. The Hall–Kier alpha value is -3.07. The number of hydrogen-bond acceptors (Lipinski definition) is 5. The number of hydrogen-bond donors (Lipinski definition) is 2. The van der Waals surface area contributed by atoms with Crippen LogP contribution in [-0.2, 0) is 11.8 Å². The van der Waals surface area contributed by atoms with Gasteiger partial charge in [0.1, 0.15) is 18.4 Å². The van der Waals surface area contributed by atoms with Crippen molar-refractivity contribution in [3.8, 4) is 5.75 Å². The van der Waals surface area contributed by atoms with Gasteiger partial charge < -0.3 is 19.5 Å². The van der Waals surface area contributed by atoms with E-state index in [1.54, 1.807) is 42.1 Å². The summed E-state index contributed by atoms with van der Waals surface area (Å²) in [5, 5.41) is 20.8. The number of aliphatic carboxylic acids is 1. The number of carboxylic acid groups (broad SMARTS) is 2. The van der Waals surface area contributed by atoms with E-state index in [0.717, 1.165) is 30.8 Å². The average Bonchev–Trinajstić information content (AvgIpc) is 3.11. The van der Waals surface area contributed by atoms with Crippen molar-refractivity contribution in [3.05, 3.63) is 64.8 Å².